The van der Waals surface area contributed by atoms with Gasteiger partial charge in [0.05, 0.1) is 5.54 Å². The number of ketones is 1. The third-order valence-electron chi connectivity index (χ3n) is 4.45. The van der Waals surface area contributed by atoms with Gasteiger partial charge in [0, 0.05) is 19.0 Å². The average Bonchev–Trinajstić information content (AvgIpc) is 2.42. The highest BCUT2D eigenvalue weighted by molar-refractivity contribution is 5.90. The standard InChI is InChI=1S/C14H25NO/c1-10(2)15-6-5-13(16)14(15)8-11(3)7-12(4)9-14/h10-12H,5-9H2,1-4H3. The first kappa shape index (κ1) is 12.1. The Labute approximate surface area is 99.4 Å². The van der Waals surface area contributed by atoms with Gasteiger partial charge in [-0.2, -0.15) is 0 Å². The topological polar surface area (TPSA) is 20.3 Å². The lowest BCUT2D eigenvalue weighted by molar-refractivity contribution is -0.129. The van der Waals surface area contributed by atoms with Crippen molar-refractivity contribution in [3.63, 3.8) is 0 Å². The summed E-state index contributed by atoms with van der Waals surface area (Å²) in [7, 11) is 0. The predicted octanol–water partition coefficient (Wildman–Crippen LogP) is 2.86. The van der Waals surface area contributed by atoms with Crippen molar-refractivity contribution in [1.29, 1.82) is 0 Å². The van der Waals surface area contributed by atoms with Gasteiger partial charge in [0.2, 0.25) is 0 Å². The van der Waals surface area contributed by atoms with E-state index >= 15 is 0 Å². The highest BCUT2D eigenvalue weighted by Gasteiger charge is 2.51. The zero-order chi connectivity index (χ0) is 11.9. The molecule has 16 heavy (non-hydrogen) atoms. The van der Waals surface area contributed by atoms with Crippen molar-refractivity contribution in [2.45, 2.75) is 65.0 Å². The molecule has 2 nitrogen and oxygen atoms in total. The van der Waals surface area contributed by atoms with Crippen molar-refractivity contribution in [3.05, 3.63) is 0 Å². The van der Waals surface area contributed by atoms with Crippen LogP contribution >= 0.6 is 0 Å². The molecule has 2 aliphatic rings. The number of nitrogens with zero attached hydrogens (tertiary/aromatic N) is 1. The van der Waals surface area contributed by atoms with Crippen LogP contribution in [0.2, 0.25) is 0 Å². The molecule has 1 aliphatic heterocycles. The van der Waals surface area contributed by atoms with Gasteiger partial charge in [0.1, 0.15) is 0 Å². The molecule has 0 bridgehead atoms. The van der Waals surface area contributed by atoms with E-state index in [-0.39, 0.29) is 5.54 Å². The first-order chi connectivity index (χ1) is 7.45. The lowest BCUT2D eigenvalue weighted by atomic mass is 9.69. The number of carbonyl (C=O) groups is 1. The SMILES string of the molecule is CC1CC(C)CC2(C1)C(=O)CCN2C(C)C. The summed E-state index contributed by atoms with van der Waals surface area (Å²) in [6.45, 7) is 10.0. The van der Waals surface area contributed by atoms with E-state index in [2.05, 4.69) is 32.6 Å². The Morgan fingerprint density at radius 2 is 1.81 bits per heavy atom. The van der Waals surface area contributed by atoms with Crippen LogP contribution in [-0.4, -0.2) is 28.8 Å². The Morgan fingerprint density at radius 3 is 2.31 bits per heavy atom. The Bertz CT molecular complexity index is 274. The fraction of sp³-hybridized carbons (Fsp3) is 0.929. The van der Waals surface area contributed by atoms with E-state index in [1.165, 1.54) is 6.42 Å². The number of rotatable bonds is 1. The van der Waals surface area contributed by atoms with Crippen molar-refractivity contribution >= 4 is 5.78 Å². The van der Waals surface area contributed by atoms with Crippen LogP contribution in [0.3, 0.4) is 0 Å². The Hall–Kier alpha value is -0.370. The summed E-state index contributed by atoms with van der Waals surface area (Å²) in [5.41, 5.74) is -0.0920. The fourth-order valence-electron chi connectivity index (χ4n) is 4.13. The van der Waals surface area contributed by atoms with Gasteiger partial charge in [-0.3, -0.25) is 9.69 Å². The van der Waals surface area contributed by atoms with Crippen LogP contribution in [0, 0.1) is 11.8 Å². The third kappa shape index (κ3) is 1.81. The Balaban J connectivity index is 2.28. The maximum absolute atomic E-state index is 12.3. The molecule has 0 aromatic heterocycles. The molecule has 0 N–H and O–H groups in total. The first-order valence-electron chi connectivity index (χ1n) is 6.76. The van der Waals surface area contributed by atoms with Crippen molar-refractivity contribution in [2.75, 3.05) is 6.54 Å². The van der Waals surface area contributed by atoms with Crippen LogP contribution in [0.1, 0.15) is 53.4 Å². The Kier molecular flexibility index (Phi) is 3.13. The Morgan fingerprint density at radius 1 is 1.25 bits per heavy atom. The second-order valence-electron chi connectivity index (χ2n) is 6.35. The van der Waals surface area contributed by atoms with Crippen LogP contribution in [-0.2, 0) is 4.79 Å². The van der Waals surface area contributed by atoms with Crippen molar-refractivity contribution < 1.29 is 4.79 Å². The van der Waals surface area contributed by atoms with E-state index in [0.717, 1.165) is 25.8 Å². The van der Waals surface area contributed by atoms with Crippen molar-refractivity contribution in [3.8, 4) is 0 Å². The van der Waals surface area contributed by atoms with E-state index < -0.39 is 0 Å². The molecule has 1 saturated carbocycles. The van der Waals surface area contributed by atoms with Crippen LogP contribution in [0.25, 0.3) is 0 Å². The van der Waals surface area contributed by atoms with Gasteiger partial charge in [-0.1, -0.05) is 13.8 Å². The maximum atomic E-state index is 12.3. The monoisotopic (exact) mass is 223 g/mol. The van der Waals surface area contributed by atoms with E-state index in [1.807, 2.05) is 0 Å². The van der Waals surface area contributed by atoms with E-state index in [9.17, 15) is 4.79 Å². The second-order valence-corrected chi connectivity index (χ2v) is 6.35. The number of likely N-dealkylation sites (tertiary alicyclic amines) is 1. The molecule has 1 saturated heterocycles. The maximum Gasteiger partial charge on any atom is 0.154 e. The highest BCUT2D eigenvalue weighted by Crippen LogP contribution is 2.44. The van der Waals surface area contributed by atoms with E-state index in [0.29, 0.717) is 23.7 Å². The van der Waals surface area contributed by atoms with Gasteiger partial charge in [0.15, 0.2) is 5.78 Å². The van der Waals surface area contributed by atoms with Gasteiger partial charge < -0.3 is 0 Å². The summed E-state index contributed by atoms with van der Waals surface area (Å²) in [4.78, 5) is 14.8. The average molecular weight is 223 g/mol. The summed E-state index contributed by atoms with van der Waals surface area (Å²) in [6, 6.07) is 0.504. The molecule has 0 aromatic rings. The molecule has 1 heterocycles. The summed E-state index contributed by atoms with van der Waals surface area (Å²) >= 11 is 0. The van der Waals surface area contributed by atoms with Crippen LogP contribution in [0.4, 0.5) is 0 Å². The molecular weight excluding hydrogens is 198 g/mol. The summed E-state index contributed by atoms with van der Waals surface area (Å²) < 4.78 is 0. The van der Waals surface area contributed by atoms with Gasteiger partial charge in [-0.25, -0.2) is 0 Å². The number of Topliss-reactive ketones (excluding diaryl/α,β-unsaturated/α-hetero) is 1. The minimum absolute atomic E-state index is 0.0920. The quantitative estimate of drug-likeness (QED) is 0.681. The highest BCUT2D eigenvalue weighted by atomic mass is 16.1. The molecule has 1 spiro atoms. The lowest BCUT2D eigenvalue weighted by Gasteiger charge is -2.46. The van der Waals surface area contributed by atoms with Crippen LogP contribution < -0.4 is 0 Å². The molecule has 2 fully saturated rings. The molecule has 2 heteroatoms. The lowest BCUT2D eigenvalue weighted by Crippen LogP contribution is -2.55. The molecule has 0 amide bonds. The number of hydrogen-bond donors (Lipinski definition) is 0. The smallest absolute Gasteiger partial charge is 0.154 e. The van der Waals surface area contributed by atoms with Crippen molar-refractivity contribution in [2.24, 2.45) is 11.8 Å². The van der Waals surface area contributed by atoms with Crippen molar-refractivity contribution in [1.82, 2.24) is 4.90 Å². The molecule has 2 rings (SSSR count). The third-order valence-corrected chi connectivity index (χ3v) is 4.45. The van der Waals surface area contributed by atoms with E-state index in [4.69, 9.17) is 0 Å². The minimum atomic E-state index is -0.0920. The van der Waals surface area contributed by atoms with Gasteiger partial charge in [-0.15, -0.1) is 0 Å². The summed E-state index contributed by atoms with van der Waals surface area (Å²) in [5, 5.41) is 0. The summed E-state index contributed by atoms with van der Waals surface area (Å²) in [5.74, 6) is 1.92. The van der Waals surface area contributed by atoms with Crippen LogP contribution in [0.15, 0.2) is 0 Å². The zero-order valence-electron chi connectivity index (χ0n) is 11.1. The molecule has 0 radical (unpaired) electrons. The van der Waals surface area contributed by atoms with Crippen LogP contribution in [0.5, 0.6) is 0 Å². The summed E-state index contributed by atoms with van der Waals surface area (Å²) in [6.07, 6.45) is 4.25. The molecule has 0 aromatic carbocycles. The fourth-order valence-corrected chi connectivity index (χ4v) is 4.13. The second kappa shape index (κ2) is 4.14. The first-order valence-corrected chi connectivity index (χ1v) is 6.76. The van der Waals surface area contributed by atoms with E-state index in [1.54, 1.807) is 0 Å². The number of carbonyl (C=O) groups excluding carboxylic acids is 1. The molecule has 92 valence electrons. The normalized spacial score (nSPS) is 41.2. The molecule has 1 aliphatic carbocycles. The van der Waals surface area contributed by atoms with Gasteiger partial charge in [-0.05, 0) is 44.9 Å². The molecular formula is C14H25NO. The predicted molar refractivity (Wildman–Crippen MR) is 66.4 cm³/mol. The molecule has 2 atom stereocenters. The minimum Gasteiger partial charge on any atom is -0.298 e. The van der Waals surface area contributed by atoms with Gasteiger partial charge in [0.25, 0.3) is 0 Å². The zero-order valence-corrected chi connectivity index (χ0v) is 11.1. The number of hydrogen-bond acceptors (Lipinski definition) is 2. The van der Waals surface area contributed by atoms with Gasteiger partial charge >= 0.3 is 0 Å². The molecule has 2 unspecified atom stereocenters. The largest absolute Gasteiger partial charge is 0.298 e.